The maximum Gasteiger partial charge on any atom is 0.161 e. The number of rotatable bonds is 1. The molecule has 0 unspecified atom stereocenters. The van der Waals surface area contributed by atoms with Crippen LogP contribution in [0.5, 0.6) is 0 Å². The third-order valence-corrected chi connectivity index (χ3v) is 2.00. The molecule has 2 nitrogen and oxygen atoms in total. The Bertz CT molecular complexity index is 484. The summed E-state index contributed by atoms with van der Waals surface area (Å²) >= 11 is 0. The molecule has 0 N–H and O–H groups in total. The number of hydrogen-bond donors (Lipinski definition) is 0. The van der Waals surface area contributed by atoms with E-state index in [1.807, 2.05) is 20.8 Å². The van der Waals surface area contributed by atoms with Gasteiger partial charge >= 0.3 is 0 Å². The van der Waals surface area contributed by atoms with Crippen molar-refractivity contribution in [1.29, 1.82) is 0 Å². The molecule has 0 amide bonds. The van der Waals surface area contributed by atoms with Gasteiger partial charge in [-0.05, 0) is 6.42 Å². The molecule has 0 aliphatic heterocycles. The highest BCUT2D eigenvalue weighted by atomic mass is 19.2. The van der Waals surface area contributed by atoms with E-state index in [0.29, 0.717) is 11.0 Å². The van der Waals surface area contributed by atoms with Crippen LogP contribution in [0.1, 0.15) is 26.5 Å². The molecule has 0 saturated carbocycles. The van der Waals surface area contributed by atoms with Gasteiger partial charge < -0.3 is 0 Å². The summed E-state index contributed by atoms with van der Waals surface area (Å²) in [6.45, 7) is 5.93. The van der Waals surface area contributed by atoms with E-state index in [0.717, 1.165) is 24.2 Å². The van der Waals surface area contributed by atoms with Crippen molar-refractivity contribution in [2.75, 3.05) is 0 Å². The van der Waals surface area contributed by atoms with Crippen LogP contribution in [-0.4, -0.2) is 9.97 Å². The first-order valence-electron chi connectivity index (χ1n) is 5.31. The number of hydrogen-bond acceptors (Lipinski definition) is 2. The third-order valence-electron chi connectivity index (χ3n) is 2.00. The number of halogens is 2. The molecule has 0 bridgehead atoms. The Labute approximate surface area is 93.3 Å². The second-order valence-electron chi connectivity index (χ2n) is 2.97. The number of nitrogens with zero attached hydrogens (tertiary/aromatic N) is 2. The number of aryl methyl sites for hydroxylation is 1. The van der Waals surface area contributed by atoms with Crippen LogP contribution in [-0.2, 0) is 6.42 Å². The van der Waals surface area contributed by atoms with Gasteiger partial charge in [0.1, 0.15) is 0 Å². The summed E-state index contributed by atoms with van der Waals surface area (Å²) in [4.78, 5) is 8.11. The van der Waals surface area contributed by atoms with Gasteiger partial charge in [0.25, 0.3) is 0 Å². The van der Waals surface area contributed by atoms with Crippen molar-refractivity contribution < 1.29 is 8.78 Å². The fourth-order valence-corrected chi connectivity index (χ4v) is 1.22. The normalized spacial score (nSPS) is 9.81. The Balaban J connectivity index is 0.000000606. The molecule has 0 aliphatic rings. The fourth-order valence-electron chi connectivity index (χ4n) is 1.22. The van der Waals surface area contributed by atoms with Gasteiger partial charge in [0.15, 0.2) is 11.6 Å². The average molecular weight is 224 g/mol. The van der Waals surface area contributed by atoms with Crippen LogP contribution >= 0.6 is 0 Å². The minimum absolute atomic E-state index is 0.376. The molecule has 0 fully saturated rings. The van der Waals surface area contributed by atoms with Crippen molar-refractivity contribution in [3.63, 3.8) is 0 Å². The standard InChI is InChI=1S/C10H8F2N2.C2H6/c1-2-6-5-13-9-3-7(11)8(12)4-10(9)14-6;1-2/h3-5H,2H2,1H3;1-2H3. The highest BCUT2D eigenvalue weighted by molar-refractivity contribution is 5.74. The highest BCUT2D eigenvalue weighted by Gasteiger charge is 2.05. The van der Waals surface area contributed by atoms with Gasteiger partial charge in [0.2, 0.25) is 0 Å². The molecule has 0 radical (unpaired) electrons. The average Bonchev–Trinajstić information content (AvgIpc) is 2.33. The molecule has 1 aromatic carbocycles. The van der Waals surface area contributed by atoms with Gasteiger partial charge in [0.05, 0.1) is 16.7 Å². The first-order valence-corrected chi connectivity index (χ1v) is 5.31. The molecule has 2 aromatic rings. The summed E-state index contributed by atoms with van der Waals surface area (Å²) in [5, 5.41) is 0. The van der Waals surface area contributed by atoms with Gasteiger partial charge in [-0.2, -0.15) is 0 Å². The lowest BCUT2D eigenvalue weighted by molar-refractivity contribution is 0.510. The summed E-state index contributed by atoms with van der Waals surface area (Å²) in [5.41, 5.74) is 1.54. The first kappa shape index (κ1) is 12.5. The van der Waals surface area contributed by atoms with E-state index >= 15 is 0 Å². The van der Waals surface area contributed by atoms with Gasteiger partial charge in [0, 0.05) is 18.3 Å². The third kappa shape index (κ3) is 2.51. The van der Waals surface area contributed by atoms with Gasteiger partial charge in [-0.1, -0.05) is 20.8 Å². The van der Waals surface area contributed by atoms with Crippen LogP contribution < -0.4 is 0 Å². The van der Waals surface area contributed by atoms with Crippen LogP contribution in [0.4, 0.5) is 8.78 Å². The van der Waals surface area contributed by atoms with Crippen molar-refractivity contribution in [1.82, 2.24) is 9.97 Å². The Morgan fingerprint density at radius 3 is 2.19 bits per heavy atom. The smallest absolute Gasteiger partial charge is 0.161 e. The number of fused-ring (bicyclic) bond motifs is 1. The van der Waals surface area contributed by atoms with E-state index in [4.69, 9.17) is 0 Å². The van der Waals surface area contributed by atoms with Crippen LogP contribution in [0, 0.1) is 11.6 Å². The van der Waals surface area contributed by atoms with E-state index < -0.39 is 11.6 Å². The predicted molar refractivity (Wildman–Crippen MR) is 60.2 cm³/mol. The summed E-state index contributed by atoms with van der Waals surface area (Å²) < 4.78 is 25.6. The van der Waals surface area contributed by atoms with Crippen LogP contribution in [0.25, 0.3) is 11.0 Å². The number of benzene rings is 1. The molecule has 4 heteroatoms. The molecule has 0 saturated heterocycles. The second kappa shape index (κ2) is 5.49. The molecule has 1 heterocycles. The van der Waals surface area contributed by atoms with Crippen molar-refractivity contribution in [2.24, 2.45) is 0 Å². The van der Waals surface area contributed by atoms with Gasteiger partial charge in [-0.15, -0.1) is 0 Å². The molecule has 0 spiro atoms. The summed E-state index contributed by atoms with van der Waals surface area (Å²) in [6, 6.07) is 2.12. The van der Waals surface area contributed by atoms with E-state index in [9.17, 15) is 8.78 Å². The Hall–Kier alpha value is -1.58. The van der Waals surface area contributed by atoms with E-state index in [1.165, 1.54) is 0 Å². The molecular weight excluding hydrogens is 210 g/mol. The fraction of sp³-hybridized carbons (Fsp3) is 0.333. The maximum atomic E-state index is 12.8. The van der Waals surface area contributed by atoms with Crippen LogP contribution in [0.2, 0.25) is 0 Å². The van der Waals surface area contributed by atoms with Crippen molar-refractivity contribution in [2.45, 2.75) is 27.2 Å². The lowest BCUT2D eigenvalue weighted by atomic mass is 10.2. The second-order valence-corrected chi connectivity index (χ2v) is 2.97. The van der Waals surface area contributed by atoms with Crippen molar-refractivity contribution in [3.8, 4) is 0 Å². The Morgan fingerprint density at radius 2 is 1.62 bits per heavy atom. The van der Waals surface area contributed by atoms with E-state index in [2.05, 4.69) is 9.97 Å². The van der Waals surface area contributed by atoms with E-state index in [-0.39, 0.29) is 0 Å². The molecule has 86 valence electrons. The van der Waals surface area contributed by atoms with Crippen LogP contribution in [0.15, 0.2) is 18.3 Å². The quantitative estimate of drug-likeness (QED) is 0.741. The zero-order valence-corrected chi connectivity index (χ0v) is 9.59. The molecular formula is C12H14F2N2. The Kier molecular flexibility index (Phi) is 4.28. The first-order chi connectivity index (χ1) is 7.70. The lowest BCUT2D eigenvalue weighted by Crippen LogP contribution is -1.93. The zero-order valence-electron chi connectivity index (χ0n) is 9.59. The SMILES string of the molecule is CC.CCc1cnc2cc(F)c(F)cc2n1. The predicted octanol–water partition coefficient (Wildman–Crippen LogP) is 3.50. The summed E-state index contributed by atoms with van der Waals surface area (Å²) in [5.74, 6) is -1.78. The Morgan fingerprint density at radius 1 is 1.06 bits per heavy atom. The molecule has 0 atom stereocenters. The van der Waals surface area contributed by atoms with Crippen molar-refractivity contribution in [3.05, 3.63) is 35.7 Å². The van der Waals surface area contributed by atoms with E-state index in [1.54, 1.807) is 6.20 Å². The largest absolute Gasteiger partial charge is 0.253 e. The van der Waals surface area contributed by atoms with Gasteiger partial charge in [-0.3, -0.25) is 4.98 Å². The highest BCUT2D eigenvalue weighted by Crippen LogP contribution is 2.14. The molecule has 1 aromatic heterocycles. The molecule has 16 heavy (non-hydrogen) atoms. The maximum absolute atomic E-state index is 12.8. The zero-order chi connectivity index (χ0) is 12.1. The number of aromatic nitrogens is 2. The van der Waals surface area contributed by atoms with Gasteiger partial charge in [-0.25, -0.2) is 13.8 Å². The van der Waals surface area contributed by atoms with Crippen molar-refractivity contribution >= 4 is 11.0 Å². The minimum atomic E-state index is -0.893. The summed E-state index contributed by atoms with van der Waals surface area (Å²) in [7, 11) is 0. The van der Waals surface area contributed by atoms with Crippen LogP contribution in [0.3, 0.4) is 0 Å². The molecule has 0 aliphatic carbocycles. The lowest BCUT2D eigenvalue weighted by Gasteiger charge is -2.00. The monoisotopic (exact) mass is 224 g/mol. The topological polar surface area (TPSA) is 25.8 Å². The summed E-state index contributed by atoms with van der Waals surface area (Å²) in [6.07, 6.45) is 2.29. The minimum Gasteiger partial charge on any atom is -0.253 e. The molecule has 2 rings (SSSR count).